The van der Waals surface area contributed by atoms with E-state index in [1.165, 1.54) is 57.2 Å². The summed E-state index contributed by atoms with van der Waals surface area (Å²) in [6, 6.07) is 5.70. The molecule has 0 radical (unpaired) electrons. The summed E-state index contributed by atoms with van der Waals surface area (Å²) in [5.74, 6) is 8.75. The molecule has 8 atom stereocenters. The number of halogens is 1. The van der Waals surface area contributed by atoms with Crippen LogP contribution in [0.3, 0.4) is 0 Å². The zero-order valence-corrected chi connectivity index (χ0v) is 86.6. The topological polar surface area (TPSA) is 229 Å². The standard InChI is InChI=1S/C29H47FN4O2.C28H47N5O2.C25H46N4O2.C24H46N4O2/c1-21(2)18-26-28(35)34(17-13-31-26)27(19-22(3)4)29(36)33-15-11-23(12-16-33)10-14-32(5)20-24-6-8-25(30)9-7-24;1-20(2)16-24-28(35)33(15-14-32(24)19-23-6-7-23)25(17-21(3)4)27(34)31-11-8-22(9-12-31)18-26-29-10-13-30(26)5;1-18(2)16-22-24(30)29(15-11-26-22)23(17-19(3)4)25(31)28-13-9-20(10-14-28)8-12-27(5)21-6-7-21;1-7-26(6)12-8-20-9-13-27(14-10-20)24(30)22(17-19(4)5)28-15-11-25-21(23(28)29)16-18(2)3/h6-9,21-23,26-27,31H,10-20H2,1-5H3;10,13,20-25H,6-9,11-12,14-19H2,1-5H3;18-23,26H,6-17H2,1-5H3;18-22,25H,7-17H2,1-6H3/t26-,27-;24-,25-;22-,23-;21-,22-/m0000/s1. The largest absolute Gasteiger partial charge is 0.341 e. The zero-order chi connectivity index (χ0) is 96.2. The van der Waals surface area contributed by atoms with Crippen LogP contribution in [0, 0.1) is 82.7 Å². The highest BCUT2D eigenvalue weighted by molar-refractivity contribution is 5.93. The predicted molar refractivity (Wildman–Crippen MR) is 531 cm³/mol. The Morgan fingerprint density at radius 1 is 0.409 bits per heavy atom. The van der Waals surface area contributed by atoms with E-state index in [9.17, 15) is 42.7 Å². The molecule has 1 aromatic carbocycles. The third kappa shape index (κ3) is 34.8. The van der Waals surface area contributed by atoms with E-state index in [-0.39, 0.29) is 101 Å². The van der Waals surface area contributed by atoms with Gasteiger partial charge in [-0.25, -0.2) is 9.37 Å². The second-order valence-electron chi connectivity index (χ2n) is 45.3. The number of hydrogen-bond donors (Lipinski definition) is 3. The molecule has 12 rings (SSSR count). The van der Waals surface area contributed by atoms with Gasteiger partial charge in [0.2, 0.25) is 47.3 Å². The maximum Gasteiger partial charge on any atom is 0.245 e. The van der Waals surface area contributed by atoms with E-state index >= 15 is 0 Å². The minimum Gasteiger partial charge on any atom is -0.341 e. The van der Waals surface area contributed by atoms with Crippen molar-refractivity contribution in [3.63, 3.8) is 0 Å². The third-order valence-corrected chi connectivity index (χ3v) is 29.9. The number of amides is 8. The van der Waals surface area contributed by atoms with Gasteiger partial charge in [0.05, 0.1) is 24.2 Å². The molecule has 25 nitrogen and oxygen atoms in total. The van der Waals surface area contributed by atoms with Crippen LogP contribution in [0.15, 0.2) is 36.7 Å². The van der Waals surface area contributed by atoms with Gasteiger partial charge >= 0.3 is 0 Å². The van der Waals surface area contributed by atoms with Crippen molar-refractivity contribution in [2.24, 2.45) is 84.0 Å². The lowest BCUT2D eigenvalue weighted by Gasteiger charge is -2.45. The summed E-state index contributed by atoms with van der Waals surface area (Å²) in [7, 11) is 8.58. The quantitative estimate of drug-likeness (QED) is 0.0562. The number of piperazine rings is 4. The number of carbonyl (C=O) groups excluding carboxylic acids is 8. The first-order valence-corrected chi connectivity index (χ1v) is 52.9. The molecule has 0 bridgehead atoms. The third-order valence-electron chi connectivity index (χ3n) is 29.9. The second kappa shape index (κ2) is 54.3. The van der Waals surface area contributed by atoms with Crippen molar-refractivity contribution in [3.05, 3.63) is 53.9 Å². The molecular weight excluding hydrogens is 1660 g/mol. The maximum atomic E-state index is 13.9. The van der Waals surface area contributed by atoms with E-state index < -0.39 is 0 Å². The van der Waals surface area contributed by atoms with Crippen LogP contribution in [-0.2, 0) is 58.4 Å². The smallest absolute Gasteiger partial charge is 0.245 e. The Kier molecular flexibility index (Phi) is 45.0. The fourth-order valence-corrected chi connectivity index (χ4v) is 21.5. The highest BCUT2D eigenvalue weighted by Gasteiger charge is 2.47. The van der Waals surface area contributed by atoms with Crippen molar-refractivity contribution in [3.8, 4) is 0 Å². The Balaban J connectivity index is 0.000000199. The van der Waals surface area contributed by atoms with Gasteiger partial charge in [0.25, 0.3) is 0 Å². The lowest BCUT2D eigenvalue weighted by molar-refractivity contribution is -0.155. The Hall–Kier alpha value is -6.16. The minimum atomic E-state index is -0.354. The Morgan fingerprint density at radius 2 is 0.758 bits per heavy atom. The number of likely N-dealkylation sites (tertiary alicyclic amines) is 4. The molecule has 3 N–H and O–H groups in total. The van der Waals surface area contributed by atoms with Gasteiger partial charge in [0.1, 0.15) is 35.8 Å². The molecular formula is C106H186FN17O8. The average Bonchev–Trinajstić information content (AvgIpc) is 1.70. The van der Waals surface area contributed by atoms with Crippen molar-refractivity contribution in [1.29, 1.82) is 0 Å². The van der Waals surface area contributed by atoms with Crippen molar-refractivity contribution in [2.45, 2.75) is 333 Å². The lowest BCUT2D eigenvalue weighted by atomic mass is 9.91. The fraction of sp³-hybridized carbons (Fsp3) is 0.840. The molecule has 2 aromatic rings. The molecule has 10 aliphatic rings. The summed E-state index contributed by atoms with van der Waals surface area (Å²) in [6.45, 7) is 55.2. The number of hydrogen-bond acceptors (Lipinski definition) is 16. The van der Waals surface area contributed by atoms with Crippen LogP contribution in [0.4, 0.5) is 4.39 Å². The second-order valence-corrected chi connectivity index (χ2v) is 45.3. The number of aromatic nitrogens is 2. The number of piperidine rings is 4. The number of carbonyl (C=O) groups is 8. The van der Waals surface area contributed by atoms with Gasteiger partial charge in [0.15, 0.2) is 0 Å². The Morgan fingerprint density at radius 3 is 1.08 bits per heavy atom. The molecule has 0 spiro atoms. The van der Waals surface area contributed by atoms with Crippen LogP contribution in [0.5, 0.6) is 0 Å². The number of benzene rings is 1. The van der Waals surface area contributed by atoms with Crippen LogP contribution >= 0.6 is 0 Å². The SMILES string of the molecule is CC(C)C[C@@H]1NCCN([C@@H](CC(C)C)C(=O)N2CCC(CCN(C)C3CC3)CC2)C1=O.CC(C)C[C@@H]1NCCN([C@@H](CC(C)C)C(=O)N2CCC(CCN(C)Cc3ccc(F)cc3)CC2)C1=O.CC(C)C[C@H]1C(=O)N([C@@H](CC(C)C)C(=O)N2CCC(Cc3nccn3C)CC2)CCN1CC1CC1.CCN(C)CCC1CCN(C(=O)[C@H](CC(C)C)N2CCN[C@@H](CC(C)C)C2=O)CC1. The normalized spacial score (nSPS) is 22.7. The fourth-order valence-electron chi connectivity index (χ4n) is 21.5. The molecule has 8 amide bonds. The Bertz CT molecular complexity index is 3780. The predicted octanol–water partition coefficient (Wildman–Crippen LogP) is 13.5. The number of nitrogens with one attached hydrogen (secondary N) is 3. The lowest BCUT2D eigenvalue weighted by Crippen LogP contribution is -2.63. The van der Waals surface area contributed by atoms with Crippen molar-refractivity contribution in [2.75, 3.05) is 159 Å². The van der Waals surface area contributed by atoms with E-state index in [0.717, 1.165) is 250 Å². The molecule has 750 valence electrons. The molecule has 132 heavy (non-hydrogen) atoms. The van der Waals surface area contributed by atoms with Gasteiger partial charge in [-0.1, -0.05) is 130 Å². The number of imidazole rings is 1. The molecule has 2 aliphatic carbocycles. The van der Waals surface area contributed by atoms with Crippen molar-refractivity contribution >= 4 is 47.3 Å². The molecule has 1 aromatic heterocycles. The van der Waals surface area contributed by atoms with Crippen LogP contribution in [0.2, 0.25) is 0 Å². The first-order chi connectivity index (χ1) is 62.8. The van der Waals surface area contributed by atoms with E-state index in [1.54, 1.807) is 0 Å². The first-order valence-electron chi connectivity index (χ1n) is 52.9. The number of aryl methyl sites for hydroxylation is 1. The molecule has 9 heterocycles. The molecule has 8 aliphatic heterocycles. The van der Waals surface area contributed by atoms with Crippen molar-refractivity contribution < 1.29 is 42.7 Å². The van der Waals surface area contributed by atoms with Gasteiger partial charge in [-0.3, -0.25) is 43.3 Å². The van der Waals surface area contributed by atoms with Gasteiger partial charge in [-0.05, 0) is 290 Å². The number of nitrogens with zero attached hydrogens (tertiary/aromatic N) is 14. The van der Waals surface area contributed by atoms with Gasteiger partial charge in [-0.15, -0.1) is 0 Å². The Labute approximate surface area is 799 Å². The summed E-state index contributed by atoms with van der Waals surface area (Å²) >= 11 is 0. The molecule has 10 fully saturated rings. The monoisotopic (exact) mass is 1840 g/mol. The summed E-state index contributed by atoms with van der Waals surface area (Å²) in [6.07, 6.45) is 28.4. The average molecular weight is 1850 g/mol. The molecule has 26 heteroatoms. The van der Waals surface area contributed by atoms with E-state index in [0.29, 0.717) is 97.7 Å². The van der Waals surface area contributed by atoms with E-state index in [1.807, 2.05) is 65.9 Å². The summed E-state index contributed by atoms with van der Waals surface area (Å²) in [5, 5.41) is 10.1. The molecule has 8 saturated heterocycles. The molecule has 0 unspecified atom stereocenters. The summed E-state index contributed by atoms with van der Waals surface area (Å²) in [5.41, 5.74) is 1.12. The van der Waals surface area contributed by atoms with Crippen LogP contribution in [0.1, 0.15) is 277 Å². The highest BCUT2D eigenvalue weighted by Crippen LogP contribution is 2.36. The maximum absolute atomic E-state index is 13.9. The minimum absolute atomic E-state index is 0.0738. The summed E-state index contributed by atoms with van der Waals surface area (Å²) < 4.78 is 15.2. The molecule has 2 saturated carbocycles. The number of rotatable bonds is 41. The van der Waals surface area contributed by atoms with Crippen molar-refractivity contribution in [1.82, 2.24) is 84.3 Å². The summed E-state index contributed by atoms with van der Waals surface area (Å²) in [4.78, 5) is 138. The van der Waals surface area contributed by atoms with E-state index in [2.05, 4.69) is 189 Å². The van der Waals surface area contributed by atoms with Crippen LogP contribution in [-0.4, -0.2) is 329 Å². The van der Waals surface area contributed by atoms with Gasteiger partial charge in [-0.2, -0.15) is 0 Å². The van der Waals surface area contributed by atoms with Crippen LogP contribution in [0.25, 0.3) is 0 Å². The van der Waals surface area contributed by atoms with Crippen LogP contribution < -0.4 is 16.0 Å². The van der Waals surface area contributed by atoms with E-state index in [4.69, 9.17) is 0 Å². The zero-order valence-electron chi connectivity index (χ0n) is 86.6. The highest BCUT2D eigenvalue weighted by atomic mass is 19.1. The first kappa shape index (κ1) is 109. The van der Waals surface area contributed by atoms with Gasteiger partial charge in [0, 0.05) is 150 Å². The van der Waals surface area contributed by atoms with Gasteiger partial charge < -0.3 is 74.4 Å².